The average molecular weight is 352 g/mol. The van der Waals surface area contributed by atoms with E-state index in [0.29, 0.717) is 18.9 Å². The van der Waals surface area contributed by atoms with E-state index in [1.807, 2.05) is 52.9 Å². The molecule has 4 aromatic rings. The van der Waals surface area contributed by atoms with E-state index in [4.69, 9.17) is 9.47 Å². The minimum atomic E-state index is -0.394. The third-order valence-electron chi connectivity index (χ3n) is 3.80. The molecule has 0 saturated heterocycles. The first kappa shape index (κ1) is 15.7. The summed E-state index contributed by atoms with van der Waals surface area (Å²) in [6.07, 6.45) is 1.72. The molecule has 0 unspecified atom stereocenters. The Morgan fingerprint density at radius 3 is 2.84 bits per heavy atom. The maximum Gasteiger partial charge on any atom is 0.358 e. The van der Waals surface area contributed by atoms with Gasteiger partial charge in [0.2, 0.25) is 0 Å². The molecule has 0 bridgehead atoms. The number of esters is 1. The van der Waals surface area contributed by atoms with E-state index in [1.54, 1.807) is 13.1 Å². The number of ether oxygens (including phenoxy) is 2. The van der Waals surface area contributed by atoms with Gasteiger partial charge in [-0.05, 0) is 30.7 Å². The van der Waals surface area contributed by atoms with Gasteiger partial charge in [0.05, 0.1) is 16.8 Å². The monoisotopic (exact) mass is 352 g/mol. The fraction of sp³-hybridized carbons (Fsp3) is 0.158. The van der Waals surface area contributed by atoms with E-state index < -0.39 is 5.97 Å². The number of nitrogens with zero attached hydrogens (tertiary/aromatic N) is 2. The molecule has 2 aromatic heterocycles. The smallest absolute Gasteiger partial charge is 0.358 e. The Morgan fingerprint density at radius 1 is 1.20 bits per heavy atom. The molecule has 0 aliphatic carbocycles. The van der Waals surface area contributed by atoms with Crippen molar-refractivity contribution in [1.29, 1.82) is 0 Å². The normalized spacial score (nSPS) is 11.1. The molecule has 0 amide bonds. The van der Waals surface area contributed by atoms with E-state index in [-0.39, 0.29) is 0 Å². The second kappa shape index (κ2) is 6.57. The van der Waals surface area contributed by atoms with Gasteiger partial charge >= 0.3 is 5.97 Å². The maximum atomic E-state index is 11.8. The lowest BCUT2D eigenvalue weighted by atomic mass is 10.2. The predicted molar refractivity (Wildman–Crippen MR) is 97.3 cm³/mol. The highest BCUT2D eigenvalue weighted by Gasteiger charge is 2.15. The van der Waals surface area contributed by atoms with Crippen molar-refractivity contribution in [2.45, 2.75) is 13.5 Å². The number of thiazole rings is 1. The number of aromatic nitrogens is 2. The van der Waals surface area contributed by atoms with Crippen molar-refractivity contribution in [3.8, 4) is 5.75 Å². The van der Waals surface area contributed by atoms with E-state index in [0.717, 1.165) is 26.5 Å². The molecule has 2 aromatic carbocycles. The lowest BCUT2D eigenvalue weighted by molar-refractivity contribution is 0.0520. The molecule has 6 heteroatoms. The number of imidazole rings is 1. The van der Waals surface area contributed by atoms with Gasteiger partial charge < -0.3 is 9.47 Å². The lowest BCUT2D eigenvalue weighted by Gasteiger charge is -2.06. The van der Waals surface area contributed by atoms with Crippen LogP contribution in [0.4, 0.5) is 0 Å². The van der Waals surface area contributed by atoms with Crippen LogP contribution in [0.5, 0.6) is 5.75 Å². The zero-order valence-electron chi connectivity index (χ0n) is 13.6. The third kappa shape index (κ3) is 3.08. The van der Waals surface area contributed by atoms with E-state index in [1.165, 1.54) is 11.3 Å². The van der Waals surface area contributed by atoms with Gasteiger partial charge in [-0.15, -0.1) is 0 Å². The summed E-state index contributed by atoms with van der Waals surface area (Å²) in [6.45, 7) is 2.65. The molecule has 0 fully saturated rings. The molecule has 0 aliphatic heterocycles. The number of hydrogen-bond donors (Lipinski definition) is 0. The van der Waals surface area contributed by atoms with E-state index in [2.05, 4.69) is 4.98 Å². The molecule has 126 valence electrons. The van der Waals surface area contributed by atoms with Gasteiger partial charge in [0.15, 0.2) is 10.7 Å². The highest BCUT2D eigenvalue weighted by Crippen LogP contribution is 2.30. The number of hydrogen-bond acceptors (Lipinski definition) is 5. The summed E-state index contributed by atoms with van der Waals surface area (Å²) < 4.78 is 13.8. The average Bonchev–Trinajstić information content (AvgIpc) is 3.18. The maximum absolute atomic E-state index is 11.8. The van der Waals surface area contributed by atoms with Crippen LogP contribution in [0.25, 0.3) is 15.2 Å². The quantitative estimate of drug-likeness (QED) is 0.502. The van der Waals surface area contributed by atoms with Gasteiger partial charge in [0.25, 0.3) is 0 Å². The van der Waals surface area contributed by atoms with Crippen LogP contribution < -0.4 is 4.74 Å². The molecule has 0 aliphatic rings. The number of benzene rings is 2. The molecule has 0 saturated carbocycles. The number of fused-ring (bicyclic) bond motifs is 3. The highest BCUT2D eigenvalue weighted by molar-refractivity contribution is 7.23. The molecule has 5 nitrogen and oxygen atoms in total. The van der Waals surface area contributed by atoms with Gasteiger partial charge in [-0.1, -0.05) is 41.7 Å². The van der Waals surface area contributed by atoms with Crippen LogP contribution in [0.2, 0.25) is 0 Å². The zero-order chi connectivity index (χ0) is 17.2. The molecule has 0 radical (unpaired) electrons. The Hall–Kier alpha value is -2.86. The fourth-order valence-corrected chi connectivity index (χ4v) is 3.65. The van der Waals surface area contributed by atoms with Crippen molar-refractivity contribution in [3.63, 3.8) is 0 Å². The van der Waals surface area contributed by atoms with Crippen LogP contribution in [0.15, 0.2) is 54.7 Å². The van der Waals surface area contributed by atoms with Gasteiger partial charge in [-0.25, -0.2) is 9.78 Å². The Bertz CT molecular complexity index is 1040. The summed E-state index contributed by atoms with van der Waals surface area (Å²) in [5.41, 5.74) is 2.46. The van der Waals surface area contributed by atoms with Crippen molar-refractivity contribution >= 4 is 32.5 Å². The zero-order valence-corrected chi connectivity index (χ0v) is 14.5. The second-order valence-electron chi connectivity index (χ2n) is 5.51. The van der Waals surface area contributed by atoms with Crippen molar-refractivity contribution < 1.29 is 14.3 Å². The first-order valence-electron chi connectivity index (χ1n) is 8.00. The van der Waals surface area contributed by atoms with Crippen molar-refractivity contribution in [3.05, 3.63) is 66.0 Å². The topological polar surface area (TPSA) is 52.8 Å². The van der Waals surface area contributed by atoms with E-state index in [9.17, 15) is 4.79 Å². The fourth-order valence-electron chi connectivity index (χ4n) is 2.62. The summed E-state index contributed by atoms with van der Waals surface area (Å²) in [5, 5.41) is 0. The Kier molecular flexibility index (Phi) is 4.11. The molecule has 25 heavy (non-hydrogen) atoms. The van der Waals surface area contributed by atoms with Crippen molar-refractivity contribution in [2.24, 2.45) is 0 Å². The van der Waals surface area contributed by atoms with Crippen LogP contribution in [-0.4, -0.2) is 22.0 Å². The highest BCUT2D eigenvalue weighted by atomic mass is 32.1. The van der Waals surface area contributed by atoms with Crippen LogP contribution >= 0.6 is 11.3 Å². The SMILES string of the molecule is CCOC(=O)c1cn2c(n1)sc1cc(OCc3ccccc3)ccc12. The Morgan fingerprint density at radius 2 is 2.04 bits per heavy atom. The van der Waals surface area contributed by atoms with Crippen LogP contribution in [0, 0.1) is 0 Å². The van der Waals surface area contributed by atoms with Crippen LogP contribution in [0.3, 0.4) is 0 Å². The van der Waals surface area contributed by atoms with E-state index >= 15 is 0 Å². The Labute approximate surface area is 148 Å². The van der Waals surface area contributed by atoms with Crippen molar-refractivity contribution in [1.82, 2.24) is 9.38 Å². The summed E-state index contributed by atoms with van der Waals surface area (Å²) in [6, 6.07) is 16.0. The van der Waals surface area contributed by atoms with Gasteiger partial charge in [0.1, 0.15) is 12.4 Å². The second-order valence-corrected chi connectivity index (χ2v) is 6.51. The molecule has 2 heterocycles. The molecule has 4 rings (SSSR count). The molecular formula is C19H16N2O3S. The predicted octanol–water partition coefficient (Wildman–Crippen LogP) is 4.30. The lowest BCUT2D eigenvalue weighted by Crippen LogP contribution is -2.04. The largest absolute Gasteiger partial charge is 0.489 e. The summed E-state index contributed by atoms with van der Waals surface area (Å²) >= 11 is 1.52. The first-order chi connectivity index (χ1) is 12.2. The number of carbonyl (C=O) groups excluding carboxylic acids is 1. The van der Waals surface area contributed by atoms with Crippen LogP contribution in [-0.2, 0) is 11.3 Å². The Balaban J connectivity index is 1.60. The minimum absolute atomic E-state index is 0.333. The third-order valence-corrected chi connectivity index (χ3v) is 4.82. The molecule has 0 spiro atoms. The summed E-state index contributed by atoms with van der Waals surface area (Å²) in [5.74, 6) is 0.417. The van der Waals surface area contributed by atoms with Crippen LogP contribution in [0.1, 0.15) is 23.0 Å². The number of carbonyl (C=O) groups is 1. The summed E-state index contributed by atoms with van der Waals surface area (Å²) in [4.78, 5) is 16.9. The first-order valence-corrected chi connectivity index (χ1v) is 8.82. The molecular weight excluding hydrogens is 336 g/mol. The van der Waals surface area contributed by atoms with Gasteiger partial charge in [-0.2, -0.15) is 0 Å². The molecule has 0 atom stereocenters. The minimum Gasteiger partial charge on any atom is -0.489 e. The standard InChI is InChI=1S/C19H16N2O3S/c1-2-23-18(22)15-11-21-16-9-8-14(10-17(16)25-19(21)20-15)24-12-13-6-4-3-5-7-13/h3-11H,2,12H2,1H3. The van der Waals surface area contributed by atoms with Crippen molar-refractivity contribution in [2.75, 3.05) is 6.61 Å². The van der Waals surface area contributed by atoms with Gasteiger partial charge in [0, 0.05) is 6.20 Å². The van der Waals surface area contributed by atoms with Gasteiger partial charge in [-0.3, -0.25) is 4.40 Å². The summed E-state index contributed by atoms with van der Waals surface area (Å²) in [7, 11) is 0. The number of rotatable bonds is 5. The molecule has 0 N–H and O–H groups in total.